The van der Waals surface area contributed by atoms with Crippen molar-refractivity contribution in [3.63, 3.8) is 0 Å². The van der Waals surface area contributed by atoms with Gasteiger partial charge in [-0.15, -0.1) is 13.2 Å². The molecule has 0 spiro atoms. The molecular formula is C13H22F3N3O. The van der Waals surface area contributed by atoms with Crippen LogP contribution < -0.4 is 5.32 Å². The second-order valence-electron chi connectivity index (χ2n) is 4.54. The predicted octanol–water partition coefficient (Wildman–Crippen LogP) is 2.82. The van der Waals surface area contributed by atoms with Gasteiger partial charge in [0.15, 0.2) is 0 Å². The van der Waals surface area contributed by atoms with Gasteiger partial charge in [0.25, 0.3) is 0 Å². The number of nitrogens with zero attached hydrogens (tertiary/aromatic N) is 2. The summed E-state index contributed by atoms with van der Waals surface area (Å²) in [5, 5.41) is 7.58. The van der Waals surface area contributed by atoms with Crippen molar-refractivity contribution in [2.75, 3.05) is 13.7 Å². The fraction of sp³-hybridized carbons (Fsp3) is 0.769. The summed E-state index contributed by atoms with van der Waals surface area (Å²) in [5.74, 6) is 0. The Morgan fingerprint density at radius 1 is 1.30 bits per heavy atom. The number of hydrogen-bond acceptors (Lipinski definition) is 3. The minimum atomic E-state index is -4.59. The Balaban J connectivity index is 2.93. The number of halogens is 3. The van der Waals surface area contributed by atoms with Gasteiger partial charge < -0.3 is 5.32 Å². The Bertz CT molecular complexity index is 429. The summed E-state index contributed by atoms with van der Waals surface area (Å²) in [4.78, 5) is 0. The van der Waals surface area contributed by atoms with Gasteiger partial charge in [0.05, 0.1) is 18.8 Å². The molecule has 0 amide bonds. The number of aryl methyl sites for hydroxylation is 1. The van der Waals surface area contributed by atoms with Crippen LogP contribution in [0.2, 0.25) is 0 Å². The molecule has 0 saturated heterocycles. The van der Waals surface area contributed by atoms with Crippen molar-refractivity contribution in [3.8, 4) is 0 Å². The lowest BCUT2D eigenvalue weighted by Crippen LogP contribution is -2.19. The number of nitrogens with one attached hydrogen (secondary N) is 1. The quantitative estimate of drug-likeness (QED) is 0.840. The van der Waals surface area contributed by atoms with E-state index in [0.717, 1.165) is 29.8 Å². The molecule has 20 heavy (non-hydrogen) atoms. The highest BCUT2D eigenvalue weighted by molar-refractivity contribution is 5.30. The molecule has 0 aliphatic carbocycles. The molecule has 0 aromatic carbocycles. The minimum Gasteiger partial charge on any atom is -0.313 e. The van der Waals surface area contributed by atoms with Crippen LogP contribution in [-0.2, 0) is 24.1 Å². The van der Waals surface area contributed by atoms with E-state index in [-0.39, 0.29) is 12.6 Å². The third kappa shape index (κ3) is 4.21. The Morgan fingerprint density at radius 2 is 1.95 bits per heavy atom. The molecule has 116 valence electrons. The van der Waals surface area contributed by atoms with E-state index in [2.05, 4.69) is 15.2 Å². The summed E-state index contributed by atoms with van der Waals surface area (Å²) in [6, 6.07) is 0.122. The molecule has 7 heteroatoms. The second-order valence-corrected chi connectivity index (χ2v) is 4.54. The van der Waals surface area contributed by atoms with Crippen molar-refractivity contribution in [3.05, 3.63) is 17.0 Å². The van der Waals surface area contributed by atoms with Gasteiger partial charge in [-0.1, -0.05) is 13.8 Å². The molecule has 0 aliphatic heterocycles. The number of hydrogen-bond donors (Lipinski definition) is 1. The van der Waals surface area contributed by atoms with E-state index < -0.39 is 13.0 Å². The zero-order valence-corrected chi connectivity index (χ0v) is 12.3. The number of ether oxygens (including phenoxy) is 1. The third-order valence-corrected chi connectivity index (χ3v) is 3.28. The molecular weight excluding hydrogens is 271 g/mol. The van der Waals surface area contributed by atoms with Crippen LogP contribution in [-0.4, -0.2) is 29.8 Å². The van der Waals surface area contributed by atoms with E-state index in [9.17, 15) is 13.2 Å². The van der Waals surface area contributed by atoms with Crippen LogP contribution in [0.3, 0.4) is 0 Å². The molecule has 0 aliphatic rings. The maximum atomic E-state index is 12.0. The molecule has 1 N–H and O–H groups in total. The van der Waals surface area contributed by atoms with Crippen LogP contribution in [0.1, 0.15) is 43.8 Å². The summed E-state index contributed by atoms with van der Waals surface area (Å²) >= 11 is 0. The van der Waals surface area contributed by atoms with E-state index in [1.807, 2.05) is 27.8 Å². The predicted molar refractivity (Wildman–Crippen MR) is 70.5 cm³/mol. The van der Waals surface area contributed by atoms with Crippen molar-refractivity contribution in [2.24, 2.45) is 0 Å². The van der Waals surface area contributed by atoms with E-state index in [1.54, 1.807) is 4.68 Å². The number of aromatic nitrogens is 2. The third-order valence-electron chi connectivity index (χ3n) is 3.28. The minimum absolute atomic E-state index is 0.103. The van der Waals surface area contributed by atoms with E-state index >= 15 is 0 Å². The van der Waals surface area contributed by atoms with E-state index in [4.69, 9.17) is 0 Å². The van der Waals surface area contributed by atoms with Crippen molar-refractivity contribution in [2.45, 2.75) is 52.6 Å². The molecule has 1 heterocycles. The Kier molecular flexibility index (Phi) is 6.01. The van der Waals surface area contributed by atoms with Crippen LogP contribution >= 0.6 is 0 Å². The maximum absolute atomic E-state index is 12.0. The molecule has 1 rings (SSSR count). The Morgan fingerprint density at radius 3 is 2.40 bits per heavy atom. The smallest absolute Gasteiger partial charge is 0.313 e. The molecule has 0 saturated carbocycles. The Hall–Kier alpha value is -1.08. The average Bonchev–Trinajstić information content (AvgIpc) is 2.74. The fourth-order valence-electron chi connectivity index (χ4n) is 2.28. The van der Waals surface area contributed by atoms with Crippen molar-refractivity contribution < 1.29 is 17.9 Å². The number of alkyl halides is 3. The van der Waals surface area contributed by atoms with Crippen LogP contribution in [0.25, 0.3) is 0 Å². The first-order chi connectivity index (χ1) is 9.34. The standard InChI is InChI=1S/C13H22F3N3O/c1-5-10-12(9(3)17-4)11(6-2)19(18-10)7-8-20-13(14,15)16/h9,17H,5-8H2,1-4H3. The first-order valence-electron chi connectivity index (χ1n) is 6.80. The SMILES string of the molecule is CCc1nn(CCOC(F)(F)F)c(CC)c1C(C)NC. The van der Waals surface area contributed by atoms with Crippen molar-refractivity contribution in [1.82, 2.24) is 15.1 Å². The van der Waals surface area contributed by atoms with Gasteiger partial charge in [-0.25, -0.2) is 0 Å². The molecule has 1 aromatic heterocycles. The van der Waals surface area contributed by atoms with E-state index in [1.165, 1.54) is 0 Å². The first kappa shape index (κ1) is 17.0. The van der Waals surface area contributed by atoms with Gasteiger partial charge in [-0.05, 0) is 26.8 Å². The lowest BCUT2D eigenvalue weighted by Gasteiger charge is -2.14. The number of rotatable bonds is 7. The average molecular weight is 293 g/mol. The van der Waals surface area contributed by atoms with Crippen molar-refractivity contribution >= 4 is 0 Å². The highest BCUT2D eigenvalue weighted by atomic mass is 19.4. The Labute approximate surface area is 117 Å². The molecule has 4 nitrogen and oxygen atoms in total. The summed E-state index contributed by atoms with van der Waals surface area (Å²) in [6.45, 7) is 5.67. The summed E-state index contributed by atoms with van der Waals surface area (Å²) in [5.41, 5.74) is 2.98. The zero-order valence-electron chi connectivity index (χ0n) is 12.3. The molecule has 1 aromatic rings. The van der Waals surface area contributed by atoms with E-state index in [0.29, 0.717) is 0 Å². The van der Waals surface area contributed by atoms with Crippen LogP contribution in [0.15, 0.2) is 0 Å². The molecule has 0 bridgehead atoms. The molecule has 1 atom stereocenters. The molecule has 1 unspecified atom stereocenters. The highest BCUT2D eigenvalue weighted by Crippen LogP contribution is 2.24. The highest BCUT2D eigenvalue weighted by Gasteiger charge is 2.29. The van der Waals surface area contributed by atoms with Gasteiger partial charge in [0.1, 0.15) is 0 Å². The molecule has 0 fully saturated rings. The van der Waals surface area contributed by atoms with Gasteiger partial charge in [-0.2, -0.15) is 5.10 Å². The van der Waals surface area contributed by atoms with Gasteiger partial charge in [-0.3, -0.25) is 9.42 Å². The van der Waals surface area contributed by atoms with Crippen LogP contribution in [0.5, 0.6) is 0 Å². The summed E-state index contributed by atoms with van der Waals surface area (Å²) in [7, 11) is 1.85. The monoisotopic (exact) mass is 293 g/mol. The van der Waals surface area contributed by atoms with Crippen LogP contribution in [0.4, 0.5) is 13.2 Å². The van der Waals surface area contributed by atoms with Crippen molar-refractivity contribution in [1.29, 1.82) is 0 Å². The molecule has 0 radical (unpaired) electrons. The topological polar surface area (TPSA) is 39.1 Å². The lowest BCUT2D eigenvalue weighted by atomic mass is 10.0. The normalized spacial score (nSPS) is 13.8. The van der Waals surface area contributed by atoms with Gasteiger partial charge in [0.2, 0.25) is 0 Å². The van der Waals surface area contributed by atoms with Gasteiger partial charge in [0, 0.05) is 17.3 Å². The lowest BCUT2D eigenvalue weighted by molar-refractivity contribution is -0.325. The zero-order chi connectivity index (χ0) is 15.3. The van der Waals surface area contributed by atoms with Crippen LogP contribution in [0, 0.1) is 0 Å². The first-order valence-corrected chi connectivity index (χ1v) is 6.80. The summed E-state index contributed by atoms with van der Waals surface area (Å²) < 4.78 is 41.5. The summed E-state index contributed by atoms with van der Waals surface area (Å²) in [6.07, 6.45) is -3.12. The second kappa shape index (κ2) is 7.08. The maximum Gasteiger partial charge on any atom is 0.522 e. The fourth-order valence-corrected chi connectivity index (χ4v) is 2.28. The van der Waals surface area contributed by atoms with Gasteiger partial charge >= 0.3 is 6.36 Å². The largest absolute Gasteiger partial charge is 0.522 e.